The summed E-state index contributed by atoms with van der Waals surface area (Å²) in [6, 6.07) is 12.4. The number of nitrogens with one attached hydrogen (secondary N) is 2. The van der Waals surface area contributed by atoms with Gasteiger partial charge in [-0.3, -0.25) is 14.0 Å². The number of hydrogen-bond acceptors (Lipinski definition) is 4. The first-order valence-corrected chi connectivity index (χ1v) is 8.81. The van der Waals surface area contributed by atoms with Crippen molar-refractivity contribution in [1.29, 1.82) is 0 Å². The predicted octanol–water partition coefficient (Wildman–Crippen LogP) is 3.12. The Bertz CT molecular complexity index is 961. The lowest BCUT2D eigenvalue weighted by atomic mass is 10.3. The fraction of sp³-hybridized carbons (Fsp3) is 0.250. The number of anilines is 1. The molecule has 0 atom stereocenters. The zero-order valence-corrected chi connectivity index (χ0v) is 15.5. The van der Waals surface area contributed by atoms with Crippen molar-refractivity contribution in [2.45, 2.75) is 26.8 Å². The van der Waals surface area contributed by atoms with E-state index in [-0.39, 0.29) is 23.5 Å². The molecule has 0 fully saturated rings. The number of aromatic nitrogens is 2. The van der Waals surface area contributed by atoms with Crippen LogP contribution in [0.1, 0.15) is 41.9 Å². The van der Waals surface area contributed by atoms with E-state index in [1.807, 2.05) is 20.8 Å². The third kappa shape index (κ3) is 4.08. The highest BCUT2D eigenvalue weighted by Gasteiger charge is 2.21. The Hall–Kier alpha value is -3.35. The number of pyridine rings is 1. The van der Waals surface area contributed by atoms with Crippen LogP contribution >= 0.6 is 0 Å². The zero-order valence-electron chi connectivity index (χ0n) is 15.5. The quantitative estimate of drug-likeness (QED) is 0.702. The molecule has 0 unspecified atom stereocenters. The topological polar surface area (TPSA) is 84.7 Å². The molecular formula is C20H22N4O3. The van der Waals surface area contributed by atoms with Gasteiger partial charge in [0.05, 0.1) is 12.1 Å². The molecule has 0 aliphatic carbocycles. The van der Waals surface area contributed by atoms with Crippen molar-refractivity contribution in [3.63, 3.8) is 0 Å². The molecule has 0 aliphatic heterocycles. The Balaban J connectivity index is 1.89. The lowest BCUT2D eigenvalue weighted by Crippen LogP contribution is -2.30. The van der Waals surface area contributed by atoms with Crippen LogP contribution in [0.5, 0.6) is 5.75 Å². The smallest absolute Gasteiger partial charge is 0.292 e. The molecule has 0 saturated heterocycles. The molecule has 0 radical (unpaired) electrons. The van der Waals surface area contributed by atoms with Crippen LogP contribution < -0.4 is 15.4 Å². The number of carbonyl (C=O) groups is 2. The molecule has 2 N–H and O–H groups in total. The maximum atomic E-state index is 12.7. The molecule has 7 heteroatoms. The summed E-state index contributed by atoms with van der Waals surface area (Å²) in [5.74, 6) is 0.167. The summed E-state index contributed by atoms with van der Waals surface area (Å²) in [7, 11) is 0. The summed E-state index contributed by atoms with van der Waals surface area (Å²) in [5, 5.41) is 5.61. The average molecular weight is 366 g/mol. The SMILES string of the molecule is CCOc1ccc(NC(=O)c2nc(C(=O)NC(C)C)c3ccccn23)cc1. The average Bonchev–Trinajstić information content (AvgIpc) is 3.03. The Morgan fingerprint density at radius 2 is 1.85 bits per heavy atom. The predicted molar refractivity (Wildman–Crippen MR) is 103 cm³/mol. The van der Waals surface area contributed by atoms with Crippen LogP contribution in [-0.2, 0) is 0 Å². The van der Waals surface area contributed by atoms with Crippen molar-refractivity contribution in [3.05, 3.63) is 60.2 Å². The van der Waals surface area contributed by atoms with Gasteiger partial charge in [0.2, 0.25) is 5.82 Å². The maximum absolute atomic E-state index is 12.7. The van der Waals surface area contributed by atoms with Crippen molar-refractivity contribution in [2.75, 3.05) is 11.9 Å². The van der Waals surface area contributed by atoms with Gasteiger partial charge < -0.3 is 15.4 Å². The summed E-state index contributed by atoms with van der Waals surface area (Å²) in [6.45, 7) is 6.23. The summed E-state index contributed by atoms with van der Waals surface area (Å²) in [4.78, 5) is 29.5. The van der Waals surface area contributed by atoms with Gasteiger partial charge >= 0.3 is 0 Å². The summed E-state index contributed by atoms with van der Waals surface area (Å²) in [6.07, 6.45) is 1.71. The molecule has 2 amide bonds. The number of nitrogens with zero attached hydrogens (tertiary/aromatic N) is 2. The van der Waals surface area contributed by atoms with E-state index in [9.17, 15) is 9.59 Å². The van der Waals surface area contributed by atoms with Crippen molar-refractivity contribution in [2.24, 2.45) is 0 Å². The number of amides is 2. The van der Waals surface area contributed by atoms with Crippen LogP contribution in [0.25, 0.3) is 5.52 Å². The monoisotopic (exact) mass is 366 g/mol. The number of imidazole rings is 1. The van der Waals surface area contributed by atoms with Crippen molar-refractivity contribution >= 4 is 23.0 Å². The summed E-state index contributed by atoms with van der Waals surface area (Å²) in [5.41, 5.74) is 1.41. The van der Waals surface area contributed by atoms with E-state index in [1.165, 1.54) is 0 Å². The van der Waals surface area contributed by atoms with E-state index in [4.69, 9.17) is 4.74 Å². The van der Waals surface area contributed by atoms with E-state index in [0.717, 1.165) is 5.75 Å². The van der Waals surface area contributed by atoms with Gasteiger partial charge in [0.1, 0.15) is 5.75 Å². The minimum absolute atomic E-state index is 0.0286. The molecule has 3 rings (SSSR count). The van der Waals surface area contributed by atoms with Crippen LogP contribution in [0.15, 0.2) is 48.7 Å². The van der Waals surface area contributed by atoms with Gasteiger partial charge in [-0.15, -0.1) is 0 Å². The van der Waals surface area contributed by atoms with Gasteiger partial charge in [0.25, 0.3) is 11.8 Å². The molecule has 2 aromatic heterocycles. The van der Waals surface area contributed by atoms with Crippen LogP contribution in [0.3, 0.4) is 0 Å². The van der Waals surface area contributed by atoms with Gasteiger partial charge in [-0.2, -0.15) is 0 Å². The van der Waals surface area contributed by atoms with Gasteiger partial charge in [0, 0.05) is 17.9 Å². The molecule has 7 nitrogen and oxygen atoms in total. The molecule has 140 valence electrons. The highest BCUT2D eigenvalue weighted by Crippen LogP contribution is 2.18. The Morgan fingerprint density at radius 1 is 1.11 bits per heavy atom. The largest absolute Gasteiger partial charge is 0.494 e. The molecule has 1 aromatic carbocycles. The summed E-state index contributed by atoms with van der Waals surface area (Å²) >= 11 is 0. The highest BCUT2D eigenvalue weighted by atomic mass is 16.5. The van der Waals surface area contributed by atoms with E-state index in [1.54, 1.807) is 53.1 Å². The highest BCUT2D eigenvalue weighted by molar-refractivity contribution is 6.06. The first-order valence-electron chi connectivity index (χ1n) is 8.81. The van der Waals surface area contributed by atoms with Gasteiger partial charge in [-0.05, 0) is 57.2 Å². The molecule has 0 bridgehead atoms. The Kier molecular flexibility index (Phi) is 5.40. The third-order valence-corrected chi connectivity index (χ3v) is 3.81. The van der Waals surface area contributed by atoms with Crippen molar-refractivity contribution in [1.82, 2.24) is 14.7 Å². The first-order chi connectivity index (χ1) is 13.0. The van der Waals surface area contributed by atoms with Crippen LogP contribution in [0.4, 0.5) is 5.69 Å². The molecule has 2 heterocycles. The minimum Gasteiger partial charge on any atom is -0.494 e. The number of benzene rings is 1. The number of carbonyl (C=O) groups excluding carboxylic acids is 2. The second-order valence-corrected chi connectivity index (χ2v) is 6.28. The third-order valence-electron chi connectivity index (χ3n) is 3.81. The van der Waals surface area contributed by atoms with Crippen molar-refractivity contribution < 1.29 is 14.3 Å². The number of fused-ring (bicyclic) bond motifs is 1. The van der Waals surface area contributed by atoms with Gasteiger partial charge in [-0.25, -0.2) is 4.98 Å². The lowest BCUT2D eigenvalue weighted by Gasteiger charge is -2.06. The summed E-state index contributed by atoms with van der Waals surface area (Å²) < 4.78 is 7.01. The Labute approximate surface area is 157 Å². The molecule has 0 spiro atoms. The molecule has 0 saturated carbocycles. The van der Waals surface area contributed by atoms with E-state index < -0.39 is 5.91 Å². The van der Waals surface area contributed by atoms with Crippen LogP contribution in [0, 0.1) is 0 Å². The lowest BCUT2D eigenvalue weighted by molar-refractivity contribution is 0.0940. The zero-order chi connectivity index (χ0) is 19.4. The van der Waals surface area contributed by atoms with E-state index in [0.29, 0.717) is 17.8 Å². The number of hydrogen-bond donors (Lipinski definition) is 2. The molecular weight excluding hydrogens is 344 g/mol. The number of rotatable bonds is 6. The van der Waals surface area contributed by atoms with E-state index >= 15 is 0 Å². The molecule has 0 aliphatic rings. The fourth-order valence-electron chi connectivity index (χ4n) is 2.68. The molecule has 27 heavy (non-hydrogen) atoms. The van der Waals surface area contributed by atoms with Crippen LogP contribution in [-0.4, -0.2) is 33.8 Å². The minimum atomic E-state index is -0.399. The normalized spacial score (nSPS) is 10.8. The standard InChI is InChI=1S/C20H22N4O3/c1-4-27-15-10-8-14(9-11-15)22-20(26)18-23-17(19(25)21-13(2)3)16-7-5-6-12-24(16)18/h5-13H,4H2,1-3H3,(H,21,25)(H,22,26). The fourth-order valence-corrected chi connectivity index (χ4v) is 2.68. The van der Waals surface area contributed by atoms with Crippen LogP contribution in [0.2, 0.25) is 0 Å². The van der Waals surface area contributed by atoms with Gasteiger partial charge in [-0.1, -0.05) is 6.07 Å². The number of ether oxygens (including phenoxy) is 1. The second kappa shape index (κ2) is 7.90. The van der Waals surface area contributed by atoms with Gasteiger partial charge in [0.15, 0.2) is 5.69 Å². The van der Waals surface area contributed by atoms with E-state index in [2.05, 4.69) is 15.6 Å². The Morgan fingerprint density at radius 3 is 2.52 bits per heavy atom. The first kappa shape index (κ1) is 18.4. The maximum Gasteiger partial charge on any atom is 0.292 e. The second-order valence-electron chi connectivity index (χ2n) is 6.28. The molecule has 3 aromatic rings. The van der Waals surface area contributed by atoms with Crippen molar-refractivity contribution in [3.8, 4) is 5.75 Å².